The molecule has 0 amide bonds. The Kier molecular flexibility index (Phi) is 35.3. The zero-order valence-electron chi connectivity index (χ0n) is 9.62. The predicted octanol–water partition coefficient (Wildman–Crippen LogP) is 0.810. The number of unbranched alkanes of at least 4 members (excludes halogenated alkanes) is 4. The first-order chi connectivity index (χ1) is 8.24. The van der Waals surface area contributed by atoms with Crippen LogP contribution in [0.25, 0.3) is 0 Å². The van der Waals surface area contributed by atoms with Crippen LogP contribution in [0.5, 0.6) is 0 Å². The molecule has 0 heterocycles. The van der Waals surface area contributed by atoms with Crippen molar-refractivity contribution in [2.45, 2.75) is 38.5 Å². The summed E-state index contributed by atoms with van der Waals surface area (Å²) in [5.74, 6) is 0. The van der Waals surface area contributed by atoms with Crippen molar-refractivity contribution < 1.29 is 29.1 Å². The molecule has 0 unspecified atom stereocenters. The van der Waals surface area contributed by atoms with E-state index in [0.717, 1.165) is 25.1 Å². The number of hydrogen-bond donors (Lipinski definition) is 1. The monoisotopic (exact) mass is 246 g/mol. The van der Waals surface area contributed by atoms with Gasteiger partial charge in [0, 0.05) is 25.7 Å². The van der Waals surface area contributed by atoms with E-state index in [1.54, 1.807) is 0 Å². The minimum Gasteiger partial charge on any atom is -0.483 e. The van der Waals surface area contributed by atoms with Crippen molar-refractivity contribution in [2.24, 2.45) is 0 Å². The lowest BCUT2D eigenvalue weighted by atomic mass is 10.3. The summed E-state index contributed by atoms with van der Waals surface area (Å²) in [5.41, 5.74) is 0. The quantitative estimate of drug-likeness (QED) is 0.501. The van der Waals surface area contributed by atoms with E-state index >= 15 is 0 Å². The molecule has 17 heavy (non-hydrogen) atoms. The highest BCUT2D eigenvalue weighted by molar-refractivity contribution is 5.53. The summed E-state index contributed by atoms with van der Waals surface area (Å²) >= 11 is 0. The number of rotatable bonds is 8. The largest absolute Gasteiger partial charge is 0.483 e. The molecule has 0 bridgehead atoms. The van der Waals surface area contributed by atoms with Crippen LogP contribution in [0.3, 0.4) is 0 Å². The van der Waals surface area contributed by atoms with Crippen LogP contribution in [0.2, 0.25) is 0 Å². The van der Waals surface area contributed by atoms with Crippen LogP contribution in [0.4, 0.5) is 0 Å². The van der Waals surface area contributed by atoms with Crippen molar-refractivity contribution in [3.63, 3.8) is 0 Å². The summed E-state index contributed by atoms with van der Waals surface area (Å²) in [4.78, 5) is 46.6. The second kappa shape index (κ2) is 29.2. The fraction of sp³-hybridized carbons (Fsp3) is 0.545. The van der Waals surface area contributed by atoms with Crippen LogP contribution in [0.15, 0.2) is 0 Å². The highest BCUT2D eigenvalue weighted by atomic mass is 16.3. The Morgan fingerprint density at radius 3 is 0.882 bits per heavy atom. The molecule has 0 aliphatic heterocycles. The second-order valence-corrected chi connectivity index (χ2v) is 2.63. The van der Waals surface area contributed by atoms with E-state index in [1.807, 2.05) is 0 Å². The molecule has 0 aromatic heterocycles. The van der Waals surface area contributed by atoms with E-state index in [4.69, 9.17) is 9.90 Å². The molecular formula is C11H18O6. The molecule has 0 aliphatic carbocycles. The topological polar surface area (TPSA) is 106 Å². The van der Waals surface area contributed by atoms with Crippen LogP contribution in [0, 0.1) is 0 Å². The standard InChI is InChI=1S/2C5H8O2.CH2O2/c2*6-4-2-1-3-5-7;2-1-3/h2*4-5H,1-3H2;1H,(H,2,3). The van der Waals surface area contributed by atoms with Gasteiger partial charge in [0.05, 0.1) is 0 Å². The van der Waals surface area contributed by atoms with E-state index in [2.05, 4.69) is 0 Å². The van der Waals surface area contributed by atoms with E-state index < -0.39 is 0 Å². The normalized spacial score (nSPS) is 7.29. The maximum Gasteiger partial charge on any atom is 0.290 e. The summed E-state index contributed by atoms with van der Waals surface area (Å²) in [6.07, 6.45) is 6.74. The lowest BCUT2D eigenvalue weighted by Gasteiger charge is -1.78. The molecule has 6 nitrogen and oxygen atoms in total. The van der Waals surface area contributed by atoms with Gasteiger partial charge < -0.3 is 24.3 Å². The van der Waals surface area contributed by atoms with Gasteiger partial charge in [-0.1, -0.05) is 0 Å². The third-order valence-electron chi connectivity index (χ3n) is 1.29. The number of hydrogen-bond acceptors (Lipinski definition) is 5. The molecule has 0 atom stereocenters. The van der Waals surface area contributed by atoms with Gasteiger partial charge in [-0.05, 0) is 12.8 Å². The van der Waals surface area contributed by atoms with Crippen LogP contribution in [0.1, 0.15) is 38.5 Å². The molecule has 0 saturated carbocycles. The smallest absolute Gasteiger partial charge is 0.290 e. The maximum absolute atomic E-state index is 9.56. The van der Waals surface area contributed by atoms with Crippen molar-refractivity contribution in [2.75, 3.05) is 0 Å². The highest BCUT2D eigenvalue weighted by Crippen LogP contribution is 1.86. The molecule has 0 fully saturated rings. The van der Waals surface area contributed by atoms with Gasteiger partial charge in [-0.3, -0.25) is 4.79 Å². The van der Waals surface area contributed by atoms with Gasteiger partial charge >= 0.3 is 0 Å². The lowest BCUT2D eigenvalue weighted by molar-refractivity contribution is -0.123. The zero-order valence-corrected chi connectivity index (χ0v) is 9.62. The van der Waals surface area contributed by atoms with Gasteiger partial charge in [0.15, 0.2) is 0 Å². The van der Waals surface area contributed by atoms with Gasteiger partial charge in [-0.2, -0.15) is 0 Å². The van der Waals surface area contributed by atoms with E-state index in [1.165, 1.54) is 0 Å². The molecular weight excluding hydrogens is 228 g/mol. The Morgan fingerprint density at radius 2 is 0.765 bits per heavy atom. The summed E-state index contributed by atoms with van der Waals surface area (Å²) in [7, 11) is 0. The molecule has 6 heteroatoms. The Balaban J connectivity index is -0.000000188. The SMILES string of the molecule is O=CCCCC=O.O=CCCCC=O.O=CO. The number of carbonyl (C=O) groups is 5. The first kappa shape index (κ1) is 20.5. The number of carbonyl (C=O) groups excluding carboxylic acids is 4. The highest BCUT2D eigenvalue weighted by Gasteiger charge is 1.80. The van der Waals surface area contributed by atoms with Gasteiger partial charge in [0.1, 0.15) is 25.1 Å². The third-order valence-corrected chi connectivity index (χ3v) is 1.29. The first-order valence-corrected chi connectivity index (χ1v) is 5.07. The molecule has 0 aromatic rings. The van der Waals surface area contributed by atoms with Crippen LogP contribution >= 0.6 is 0 Å². The molecule has 0 rings (SSSR count). The Morgan fingerprint density at radius 1 is 0.588 bits per heavy atom. The van der Waals surface area contributed by atoms with Crippen molar-refractivity contribution in [1.82, 2.24) is 0 Å². The average Bonchev–Trinajstić information content (AvgIpc) is 2.32. The van der Waals surface area contributed by atoms with Crippen molar-refractivity contribution >= 4 is 31.6 Å². The zero-order chi connectivity index (χ0) is 13.8. The van der Waals surface area contributed by atoms with Gasteiger partial charge in [0.25, 0.3) is 6.47 Å². The lowest BCUT2D eigenvalue weighted by Crippen LogP contribution is -1.76. The summed E-state index contributed by atoms with van der Waals surface area (Å²) in [5, 5.41) is 6.89. The summed E-state index contributed by atoms with van der Waals surface area (Å²) in [6, 6.07) is 0. The number of carboxylic acid groups (broad SMARTS) is 1. The molecule has 0 aliphatic rings. The minimum atomic E-state index is -0.250. The van der Waals surface area contributed by atoms with E-state index in [0.29, 0.717) is 38.5 Å². The average molecular weight is 246 g/mol. The first-order valence-electron chi connectivity index (χ1n) is 5.07. The molecule has 0 spiro atoms. The molecule has 1 N–H and O–H groups in total. The maximum atomic E-state index is 9.56. The fourth-order valence-corrected chi connectivity index (χ4v) is 0.569. The van der Waals surface area contributed by atoms with Crippen LogP contribution in [-0.4, -0.2) is 36.7 Å². The fourth-order valence-electron chi connectivity index (χ4n) is 0.569. The second-order valence-electron chi connectivity index (χ2n) is 2.63. The summed E-state index contributed by atoms with van der Waals surface area (Å²) in [6.45, 7) is -0.250. The molecule has 0 aromatic carbocycles. The van der Waals surface area contributed by atoms with Gasteiger partial charge in [-0.15, -0.1) is 0 Å². The Bertz CT molecular complexity index is 156. The Hall–Kier alpha value is -1.85. The van der Waals surface area contributed by atoms with Crippen LogP contribution in [-0.2, 0) is 24.0 Å². The van der Waals surface area contributed by atoms with E-state index in [9.17, 15) is 19.2 Å². The Labute approximate surface area is 100 Å². The van der Waals surface area contributed by atoms with Crippen molar-refractivity contribution in [1.29, 1.82) is 0 Å². The van der Waals surface area contributed by atoms with Crippen molar-refractivity contribution in [3.05, 3.63) is 0 Å². The number of aldehydes is 4. The summed E-state index contributed by atoms with van der Waals surface area (Å²) < 4.78 is 0. The van der Waals surface area contributed by atoms with Gasteiger partial charge in [-0.25, -0.2) is 0 Å². The minimum absolute atomic E-state index is 0.250. The third kappa shape index (κ3) is 55.2. The predicted molar refractivity (Wildman–Crippen MR) is 60.7 cm³/mol. The van der Waals surface area contributed by atoms with Gasteiger partial charge in [0.2, 0.25) is 0 Å². The van der Waals surface area contributed by atoms with Crippen LogP contribution < -0.4 is 0 Å². The molecule has 0 saturated heterocycles. The van der Waals surface area contributed by atoms with Crippen molar-refractivity contribution in [3.8, 4) is 0 Å². The molecule has 98 valence electrons. The van der Waals surface area contributed by atoms with E-state index in [-0.39, 0.29) is 6.47 Å². The molecule has 0 radical (unpaired) electrons.